The number of carbonyl (C=O) groups excluding carboxylic acids is 2. The summed E-state index contributed by atoms with van der Waals surface area (Å²) in [6.07, 6.45) is 3.02. The van der Waals surface area contributed by atoms with Crippen LogP contribution < -0.4 is 21.1 Å². The molecule has 154 valence electrons. The number of nitrogens with one attached hydrogen (secondary N) is 3. The van der Waals surface area contributed by atoms with Gasteiger partial charge in [0.15, 0.2) is 0 Å². The van der Waals surface area contributed by atoms with Crippen LogP contribution in [0.2, 0.25) is 5.02 Å². The predicted octanol–water partition coefficient (Wildman–Crippen LogP) is 2.83. The average molecular weight is 416 g/mol. The highest BCUT2D eigenvalue weighted by atomic mass is 35.5. The van der Waals surface area contributed by atoms with E-state index in [1.165, 1.54) is 5.56 Å². The number of pyridine rings is 1. The summed E-state index contributed by atoms with van der Waals surface area (Å²) < 4.78 is 0. The maximum absolute atomic E-state index is 12.4. The summed E-state index contributed by atoms with van der Waals surface area (Å²) in [7, 11) is 0. The molecule has 1 aliphatic rings. The van der Waals surface area contributed by atoms with Crippen LogP contribution >= 0.6 is 11.6 Å². The van der Waals surface area contributed by atoms with Crippen molar-refractivity contribution in [3.05, 3.63) is 52.7 Å². The van der Waals surface area contributed by atoms with Crippen LogP contribution in [0.25, 0.3) is 0 Å². The molecule has 1 aromatic heterocycles. The van der Waals surface area contributed by atoms with E-state index in [4.69, 9.17) is 11.6 Å². The molecule has 0 saturated carbocycles. The van der Waals surface area contributed by atoms with Gasteiger partial charge >= 0.3 is 0 Å². The second-order valence-corrected chi connectivity index (χ2v) is 7.74. The number of rotatable bonds is 5. The van der Waals surface area contributed by atoms with Crippen molar-refractivity contribution in [3.63, 3.8) is 0 Å². The molecule has 0 aliphatic carbocycles. The highest BCUT2D eigenvalue weighted by Gasteiger charge is 2.25. The molecule has 0 spiro atoms. The molecular weight excluding hydrogens is 390 g/mol. The van der Waals surface area contributed by atoms with Crippen molar-refractivity contribution in [1.29, 1.82) is 0 Å². The smallest absolute Gasteiger partial charge is 0.257 e. The first-order chi connectivity index (χ1) is 13.9. The quantitative estimate of drug-likeness (QED) is 0.654. The van der Waals surface area contributed by atoms with Crippen molar-refractivity contribution in [3.8, 4) is 0 Å². The number of hydrazine groups is 1. The molecule has 2 amide bonds. The zero-order valence-corrected chi connectivity index (χ0v) is 17.4. The minimum atomic E-state index is -0.291. The van der Waals surface area contributed by atoms with E-state index in [0.29, 0.717) is 17.9 Å². The van der Waals surface area contributed by atoms with E-state index in [2.05, 4.69) is 26.1 Å². The average Bonchev–Trinajstić information content (AvgIpc) is 2.72. The van der Waals surface area contributed by atoms with Gasteiger partial charge in [-0.2, -0.15) is 0 Å². The van der Waals surface area contributed by atoms with Gasteiger partial charge in [-0.15, -0.1) is 0 Å². The maximum atomic E-state index is 12.4. The lowest BCUT2D eigenvalue weighted by Gasteiger charge is -2.32. The van der Waals surface area contributed by atoms with E-state index in [0.717, 1.165) is 30.2 Å². The Kier molecular flexibility index (Phi) is 6.93. The Hall–Kier alpha value is -2.80. The van der Waals surface area contributed by atoms with Gasteiger partial charge in [0.05, 0.1) is 11.6 Å². The molecule has 3 rings (SSSR count). The van der Waals surface area contributed by atoms with Crippen LogP contribution in [0.3, 0.4) is 0 Å². The predicted molar refractivity (Wildman–Crippen MR) is 115 cm³/mol. The molecule has 1 fully saturated rings. The number of amides is 2. The fourth-order valence-electron chi connectivity index (χ4n) is 3.39. The Balaban J connectivity index is 1.39. The highest BCUT2D eigenvalue weighted by Crippen LogP contribution is 2.22. The summed E-state index contributed by atoms with van der Waals surface area (Å²) in [5.74, 6) is 0.278. The molecule has 2 aromatic rings. The van der Waals surface area contributed by atoms with Gasteiger partial charge in [-0.25, -0.2) is 4.98 Å². The van der Waals surface area contributed by atoms with Crippen molar-refractivity contribution in [2.75, 3.05) is 29.9 Å². The summed E-state index contributed by atoms with van der Waals surface area (Å²) >= 11 is 5.87. The number of aryl methyl sites for hydroxylation is 2. The lowest BCUT2D eigenvalue weighted by molar-refractivity contribution is -0.131. The lowest BCUT2D eigenvalue weighted by atomic mass is 9.96. The number of nitrogens with zero attached hydrogens (tertiary/aromatic N) is 2. The SMILES string of the molecule is Cc1ccc(NCC(=O)NNC(=O)C2CCN(c3ccc(Cl)cn3)CC2)c(C)c1. The number of aromatic nitrogens is 1. The van der Waals surface area contributed by atoms with E-state index in [1.54, 1.807) is 6.20 Å². The van der Waals surface area contributed by atoms with Gasteiger partial charge in [-0.3, -0.25) is 20.4 Å². The zero-order valence-electron chi connectivity index (χ0n) is 16.7. The van der Waals surface area contributed by atoms with Gasteiger partial charge in [-0.1, -0.05) is 29.3 Å². The van der Waals surface area contributed by atoms with Crippen molar-refractivity contribution < 1.29 is 9.59 Å². The van der Waals surface area contributed by atoms with Gasteiger partial charge in [0.25, 0.3) is 5.91 Å². The van der Waals surface area contributed by atoms with E-state index < -0.39 is 0 Å². The second-order valence-electron chi connectivity index (χ2n) is 7.31. The Morgan fingerprint density at radius 2 is 1.90 bits per heavy atom. The summed E-state index contributed by atoms with van der Waals surface area (Å²) in [6, 6.07) is 9.67. The normalized spacial score (nSPS) is 14.4. The van der Waals surface area contributed by atoms with Gasteiger partial charge in [0.1, 0.15) is 5.82 Å². The largest absolute Gasteiger partial charge is 0.376 e. The third kappa shape index (κ3) is 5.84. The van der Waals surface area contributed by atoms with Crippen LogP contribution in [0, 0.1) is 19.8 Å². The number of hydrogen-bond donors (Lipinski definition) is 3. The number of piperidine rings is 1. The number of anilines is 2. The number of hydrogen-bond acceptors (Lipinski definition) is 5. The topological polar surface area (TPSA) is 86.4 Å². The van der Waals surface area contributed by atoms with Crippen LogP contribution in [0.15, 0.2) is 36.5 Å². The molecule has 0 radical (unpaired) electrons. The maximum Gasteiger partial charge on any atom is 0.257 e. The minimum absolute atomic E-state index is 0.0882. The van der Waals surface area contributed by atoms with Gasteiger partial charge in [0.2, 0.25) is 5.91 Å². The summed E-state index contributed by atoms with van der Waals surface area (Å²) in [6.45, 7) is 5.56. The fourth-order valence-corrected chi connectivity index (χ4v) is 3.50. The zero-order chi connectivity index (χ0) is 20.8. The summed E-state index contributed by atoms with van der Waals surface area (Å²) in [4.78, 5) is 30.8. The molecule has 3 N–H and O–H groups in total. The first-order valence-corrected chi connectivity index (χ1v) is 10.1. The molecule has 0 atom stereocenters. The number of carbonyl (C=O) groups is 2. The molecule has 0 bridgehead atoms. The molecule has 7 nitrogen and oxygen atoms in total. The van der Waals surface area contributed by atoms with Crippen LogP contribution in [-0.2, 0) is 9.59 Å². The van der Waals surface area contributed by atoms with Crippen molar-refractivity contribution in [1.82, 2.24) is 15.8 Å². The summed E-state index contributed by atoms with van der Waals surface area (Å²) in [5.41, 5.74) is 8.18. The first-order valence-electron chi connectivity index (χ1n) is 9.68. The Labute approximate surface area is 175 Å². The van der Waals surface area contributed by atoms with Crippen LogP contribution in [0.1, 0.15) is 24.0 Å². The number of benzene rings is 1. The van der Waals surface area contributed by atoms with Crippen molar-refractivity contribution in [2.45, 2.75) is 26.7 Å². The Morgan fingerprint density at radius 3 is 2.55 bits per heavy atom. The van der Waals surface area contributed by atoms with Gasteiger partial charge < -0.3 is 10.2 Å². The molecule has 0 unspecified atom stereocenters. The van der Waals surface area contributed by atoms with Gasteiger partial charge in [0, 0.05) is 30.9 Å². The standard InChI is InChI=1S/C21H26ClN5O2/c1-14-3-5-18(15(2)11-14)23-13-20(28)25-26-21(29)16-7-9-27(10-8-16)19-6-4-17(22)12-24-19/h3-6,11-12,16,23H,7-10,13H2,1-2H3,(H,25,28)(H,26,29). The van der Waals surface area contributed by atoms with Crippen molar-refractivity contribution in [2.24, 2.45) is 5.92 Å². The van der Waals surface area contributed by atoms with Crippen LogP contribution in [0.4, 0.5) is 11.5 Å². The van der Waals surface area contributed by atoms with Crippen LogP contribution in [0.5, 0.6) is 0 Å². The molecule has 8 heteroatoms. The molecule has 2 heterocycles. The summed E-state index contributed by atoms with van der Waals surface area (Å²) in [5, 5.41) is 3.69. The van der Waals surface area contributed by atoms with E-state index in [9.17, 15) is 9.59 Å². The second kappa shape index (κ2) is 9.60. The van der Waals surface area contributed by atoms with E-state index in [1.807, 2.05) is 44.2 Å². The highest BCUT2D eigenvalue weighted by molar-refractivity contribution is 6.30. The molecular formula is C21H26ClN5O2. The fraction of sp³-hybridized carbons (Fsp3) is 0.381. The Bertz CT molecular complexity index is 864. The lowest BCUT2D eigenvalue weighted by Crippen LogP contribution is -2.48. The first kappa shape index (κ1) is 20.9. The Morgan fingerprint density at radius 1 is 1.14 bits per heavy atom. The van der Waals surface area contributed by atoms with Gasteiger partial charge in [-0.05, 0) is 50.5 Å². The molecule has 1 aliphatic heterocycles. The van der Waals surface area contributed by atoms with Crippen LogP contribution in [-0.4, -0.2) is 36.4 Å². The van der Waals surface area contributed by atoms with Crippen molar-refractivity contribution >= 4 is 34.9 Å². The molecule has 1 saturated heterocycles. The molecule has 1 aromatic carbocycles. The van der Waals surface area contributed by atoms with E-state index >= 15 is 0 Å². The number of halogens is 1. The third-order valence-corrected chi connectivity index (χ3v) is 5.27. The monoisotopic (exact) mass is 415 g/mol. The minimum Gasteiger partial charge on any atom is -0.376 e. The van der Waals surface area contributed by atoms with E-state index in [-0.39, 0.29) is 24.3 Å². The third-order valence-electron chi connectivity index (χ3n) is 5.05. The molecule has 29 heavy (non-hydrogen) atoms.